The van der Waals surface area contributed by atoms with Crippen LogP contribution in [0.3, 0.4) is 0 Å². The molecule has 0 spiro atoms. The Morgan fingerprint density at radius 1 is 1.07 bits per heavy atom. The van der Waals surface area contributed by atoms with Crippen molar-refractivity contribution in [3.8, 4) is 11.1 Å². The van der Waals surface area contributed by atoms with E-state index < -0.39 is 0 Å². The Morgan fingerprint density at radius 3 is 2.85 bits per heavy atom. The molecular weight excluding hydrogens is 334 g/mol. The standard InChI is InChI=1S/C24H18NO2/c26-25(27)23-12-6-5-11-20(23)22-15-17-8-2-3-9-18(17)21-14-13-16-7-1-4-10-19(16)24(21)22/h1-3,5,7-9,11-14,22H,4,10,15H2. The molecule has 1 atom stereocenters. The second-order valence-electron chi connectivity index (χ2n) is 7.19. The zero-order valence-corrected chi connectivity index (χ0v) is 14.8. The number of benzene rings is 3. The van der Waals surface area contributed by atoms with Crippen molar-refractivity contribution in [2.24, 2.45) is 0 Å². The summed E-state index contributed by atoms with van der Waals surface area (Å²) in [5.74, 6) is -0.00801. The molecule has 0 bridgehead atoms. The molecule has 0 saturated carbocycles. The van der Waals surface area contributed by atoms with Gasteiger partial charge in [-0.2, -0.15) is 0 Å². The number of fused-ring (bicyclic) bond motifs is 5. The lowest BCUT2D eigenvalue weighted by Crippen LogP contribution is -2.17. The lowest BCUT2D eigenvalue weighted by Gasteiger charge is -2.32. The van der Waals surface area contributed by atoms with Crippen molar-refractivity contribution in [1.82, 2.24) is 0 Å². The lowest BCUT2D eigenvalue weighted by molar-refractivity contribution is -0.385. The summed E-state index contributed by atoms with van der Waals surface area (Å²) in [5, 5.41) is 11.7. The van der Waals surface area contributed by atoms with Crippen LogP contribution < -0.4 is 0 Å². The summed E-state index contributed by atoms with van der Waals surface area (Å²) >= 11 is 0. The minimum absolute atomic E-state index is 0.00801. The van der Waals surface area contributed by atoms with Crippen LogP contribution in [-0.4, -0.2) is 4.92 Å². The molecular formula is C24H18NO2. The summed E-state index contributed by atoms with van der Waals surface area (Å²) < 4.78 is 0. The van der Waals surface area contributed by atoms with Gasteiger partial charge in [-0.25, -0.2) is 0 Å². The van der Waals surface area contributed by atoms with Gasteiger partial charge in [-0.05, 0) is 58.7 Å². The fourth-order valence-corrected chi connectivity index (χ4v) is 4.62. The summed E-state index contributed by atoms with van der Waals surface area (Å²) in [7, 11) is 0. The zero-order valence-electron chi connectivity index (χ0n) is 14.8. The van der Waals surface area contributed by atoms with E-state index in [2.05, 4.69) is 54.6 Å². The van der Waals surface area contributed by atoms with E-state index in [0.29, 0.717) is 0 Å². The van der Waals surface area contributed by atoms with Crippen molar-refractivity contribution >= 4 is 11.8 Å². The summed E-state index contributed by atoms with van der Waals surface area (Å²) in [6.45, 7) is 0. The highest BCUT2D eigenvalue weighted by Crippen LogP contribution is 2.47. The summed E-state index contributed by atoms with van der Waals surface area (Å²) in [4.78, 5) is 11.4. The van der Waals surface area contributed by atoms with E-state index in [4.69, 9.17) is 0 Å². The Morgan fingerprint density at radius 2 is 1.96 bits per heavy atom. The fourth-order valence-electron chi connectivity index (χ4n) is 4.62. The van der Waals surface area contributed by atoms with Gasteiger partial charge in [0, 0.05) is 17.5 Å². The molecule has 0 aromatic heterocycles. The van der Waals surface area contributed by atoms with Crippen molar-refractivity contribution < 1.29 is 4.92 Å². The highest BCUT2D eigenvalue weighted by molar-refractivity contribution is 5.79. The first kappa shape index (κ1) is 16.0. The van der Waals surface area contributed by atoms with Crippen LogP contribution in [0.2, 0.25) is 0 Å². The van der Waals surface area contributed by atoms with Gasteiger partial charge < -0.3 is 0 Å². The quantitative estimate of drug-likeness (QED) is 0.438. The van der Waals surface area contributed by atoms with Gasteiger partial charge >= 0.3 is 0 Å². The molecule has 131 valence electrons. The average Bonchev–Trinajstić information content (AvgIpc) is 2.72. The molecule has 0 saturated heterocycles. The van der Waals surface area contributed by atoms with Crippen molar-refractivity contribution in [1.29, 1.82) is 0 Å². The molecule has 0 aliphatic heterocycles. The lowest BCUT2D eigenvalue weighted by atomic mass is 9.71. The third kappa shape index (κ3) is 2.50. The molecule has 1 radical (unpaired) electrons. The molecule has 3 heteroatoms. The highest BCUT2D eigenvalue weighted by atomic mass is 16.6. The second kappa shape index (κ2) is 6.20. The monoisotopic (exact) mass is 352 g/mol. The van der Waals surface area contributed by atoms with Gasteiger partial charge in [-0.1, -0.05) is 60.7 Å². The second-order valence-corrected chi connectivity index (χ2v) is 7.19. The Hall–Kier alpha value is -3.20. The van der Waals surface area contributed by atoms with Crippen LogP contribution >= 0.6 is 0 Å². The Balaban J connectivity index is 1.81. The number of nitro benzene ring substituents is 1. The molecule has 3 aromatic carbocycles. The molecule has 5 rings (SSSR count). The molecule has 1 unspecified atom stereocenters. The van der Waals surface area contributed by atoms with E-state index >= 15 is 0 Å². The summed E-state index contributed by atoms with van der Waals surface area (Å²) in [6, 6.07) is 20.9. The van der Waals surface area contributed by atoms with Gasteiger partial charge in [0.2, 0.25) is 0 Å². The zero-order chi connectivity index (χ0) is 18.4. The molecule has 2 aliphatic carbocycles. The number of nitro groups is 1. The van der Waals surface area contributed by atoms with Gasteiger partial charge in [0.15, 0.2) is 0 Å². The first-order valence-corrected chi connectivity index (χ1v) is 9.29. The van der Waals surface area contributed by atoms with Crippen LogP contribution in [0.5, 0.6) is 0 Å². The molecule has 0 amide bonds. The molecule has 0 fully saturated rings. The third-order valence-electron chi connectivity index (χ3n) is 5.78. The van der Waals surface area contributed by atoms with E-state index in [9.17, 15) is 10.1 Å². The third-order valence-corrected chi connectivity index (χ3v) is 5.78. The predicted octanol–water partition coefficient (Wildman–Crippen LogP) is 5.71. The fraction of sp³-hybridized carbons (Fsp3) is 0.167. The molecule has 0 N–H and O–H groups in total. The minimum atomic E-state index is -0.276. The van der Waals surface area contributed by atoms with E-state index in [0.717, 1.165) is 24.8 Å². The van der Waals surface area contributed by atoms with Crippen LogP contribution in [0.15, 0.2) is 60.7 Å². The summed E-state index contributed by atoms with van der Waals surface area (Å²) in [6.07, 6.45) is 7.18. The Kier molecular flexibility index (Phi) is 3.68. The summed E-state index contributed by atoms with van der Waals surface area (Å²) in [5.41, 5.74) is 8.54. The molecule has 0 heterocycles. The topological polar surface area (TPSA) is 43.1 Å². The molecule has 27 heavy (non-hydrogen) atoms. The van der Waals surface area contributed by atoms with Crippen molar-refractivity contribution in [2.75, 3.05) is 0 Å². The van der Waals surface area contributed by atoms with Crippen LogP contribution in [0.25, 0.3) is 17.2 Å². The normalized spacial score (nSPS) is 17.0. The Bertz CT molecular complexity index is 1100. The minimum Gasteiger partial charge on any atom is -0.258 e. The number of nitrogens with zero attached hydrogens (tertiary/aromatic N) is 1. The highest BCUT2D eigenvalue weighted by Gasteiger charge is 2.32. The molecule has 3 nitrogen and oxygen atoms in total. The van der Waals surface area contributed by atoms with Gasteiger partial charge in [-0.15, -0.1) is 0 Å². The van der Waals surface area contributed by atoms with Crippen molar-refractivity contribution in [3.63, 3.8) is 0 Å². The molecule has 3 aromatic rings. The van der Waals surface area contributed by atoms with Gasteiger partial charge in [0.1, 0.15) is 0 Å². The maximum Gasteiger partial charge on any atom is 0.273 e. The van der Waals surface area contributed by atoms with Crippen LogP contribution in [0.4, 0.5) is 5.69 Å². The maximum atomic E-state index is 11.7. The first-order chi connectivity index (χ1) is 13.2. The maximum absolute atomic E-state index is 11.7. The van der Waals surface area contributed by atoms with E-state index in [1.54, 1.807) is 6.07 Å². The number of hydrogen-bond donors (Lipinski definition) is 0. The number of allylic oxidation sites excluding steroid dienone is 1. The SMILES string of the molecule is O=[N+]([O-])c1c[c]ccc1C1Cc2ccccc2-c2ccc3c(c21)CCC=C3. The van der Waals surface area contributed by atoms with E-state index in [-0.39, 0.29) is 16.5 Å². The number of hydrogen-bond acceptors (Lipinski definition) is 2. The van der Waals surface area contributed by atoms with Crippen molar-refractivity contribution in [2.45, 2.75) is 25.2 Å². The van der Waals surface area contributed by atoms with Gasteiger partial charge in [-0.3, -0.25) is 10.1 Å². The average molecular weight is 352 g/mol. The van der Waals surface area contributed by atoms with Crippen LogP contribution in [0.1, 0.15) is 40.2 Å². The van der Waals surface area contributed by atoms with Gasteiger partial charge in [0.25, 0.3) is 5.69 Å². The smallest absolute Gasteiger partial charge is 0.258 e. The van der Waals surface area contributed by atoms with Crippen LogP contribution in [0, 0.1) is 16.2 Å². The molecule has 2 aliphatic rings. The number of rotatable bonds is 2. The van der Waals surface area contributed by atoms with Crippen molar-refractivity contribution in [3.05, 3.63) is 105 Å². The van der Waals surface area contributed by atoms with E-state index in [1.807, 2.05) is 6.07 Å². The predicted molar refractivity (Wildman–Crippen MR) is 107 cm³/mol. The largest absolute Gasteiger partial charge is 0.273 e. The van der Waals surface area contributed by atoms with Crippen LogP contribution in [-0.2, 0) is 12.8 Å². The van der Waals surface area contributed by atoms with Gasteiger partial charge in [0.05, 0.1) is 4.92 Å². The Labute approximate surface area is 158 Å². The van der Waals surface area contributed by atoms with E-state index in [1.165, 1.54) is 39.4 Å². The first-order valence-electron chi connectivity index (χ1n) is 9.29.